The molecule has 1 aliphatic heterocycles. The first-order valence-corrected chi connectivity index (χ1v) is 5.31. The lowest BCUT2D eigenvalue weighted by molar-refractivity contribution is 0.0962. The van der Waals surface area contributed by atoms with Crippen molar-refractivity contribution < 1.29 is 9.53 Å². The second-order valence-electron chi connectivity index (χ2n) is 3.61. The molecule has 1 N–H and O–H groups in total. The van der Waals surface area contributed by atoms with Crippen LogP contribution in [0, 0.1) is 0 Å². The lowest BCUT2D eigenvalue weighted by Gasteiger charge is -2.28. The molecule has 1 aromatic heterocycles. The monoisotopic (exact) mass is 221 g/mol. The Labute approximate surface area is 94.4 Å². The average Bonchev–Trinajstić information content (AvgIpc) is 2.39. The van der Waals surface area contributed by atoms with E-state index in [1.165, 1.54) is 0 Å². The molecule has 1 amide bonds. The van der Waals surface area contributed by atoms with Gasteiger partial charge in [0.25, 0.3) is 5.91 Å². The van der Waals surface area contributed by atoms with Gasteiger partial charge in [0.05, 0.1) is 30.7 Å². The Kier molecular flexibility index (Phi) is 3.36. The van der Waals surface area contributed by atoms with Crippen LogP contribution in [0.5, 0.6) is 0 Å². The molecule has 16 heavy (non-hydrogen) atoms. The lowest BCUT2D eigenvalue weighted by atomic mass is 10.2. The zero-order valence-electron chi connectivity index (χ0n) is 9.27. The number of nitrogens with zero attached hydrogens (tertiary/aromatic N) is 2. The van der Waals surface area contributed by atoms with Gasteiger partial charge in [-0.05, 0) is 6.07 Å². The van der Waals surface area contributed by atoms with Gasteiger partial charge < -0.3 is 15.0 Å². The molecule has 1 saturated heterocycles. The number of anilines is 1. The molecule has 0 unspecified atom stereocenters. The van der Waals surface area contributed by atoms with Crippen LogP contribution in [-0.4, -0.2) is 44.2 Å². The van der Waals surface area contributed by atoms with Crippen LogP contribution < -0.4 is 10.2 Å². The van der Waals surface area contributed by atoms with Crippen molar-refractivity contribution in [3.63, 3.8) is 0 Å². The molecule has 0 bridgehead atoms. The van der Waals surface area contributed by atoms with Crippen LogP contribution in [0.15, 0.2) is 18.5 Å². The number of rotatable bonds is 2. The number of hydrogen-bond acceptors (Lipinski definition) is 4. The fourth-order valence-electron chi connectivity index (χ4n) is 1.69. The van der Waals surface area contributed by atoms with E-state index in [9.17, 15) is 4.79 Å². The molecule has 0 saturated carbocycles. The van der Waals surface area contributed by atoms with Crippen molar-refractivity contribution in [2.24, 2.45) is 0 Å². The van der Waals surface area contributed by atoms with Crippen LogP contribution in [0.4, 0.5) is 5.69 Å². The SMILES string of the molecule is CNC(=O)c1cncc(N2CCOCC2)c1. The Bertz CT molecular complexity index is 375. The highest BCUT2D eigenvalue weighted by Crippen LogP contribution is 2.15. The summed E-state index contributed by atoms with van der Waals surface area (Å²) in [5, 5.41) is 2.59. The maximum atomic E-state index is 11.5. The van der Waals surface area contributed by atoms with Crippen LogP contribution in [0.2, 0.25) is 0 Å². The van der Waals surface area contributed by atoms with Crippen molar-refractivity contribution in [3.8, 4) is 0 Å². The van der Waals surface area contributed by atoms with Gasteiger partial charge in [-0.2, -0.15) is 0 Å². The standard InChI is InChI=1S/C11H15N3O2/c1-12-11(15)9-6-10(8-13-7-9)14-2-4-16-5-3-14/h6-8H,2-5H2,1H3,(H,12,15). The van der Waals surface area contributed by atoms with E-state index in [-0.39, 0.29) is 5.91 Å². The van der Waals surface area contributed by atoms with Crippen molar-refractivity contribution in [3.05, 3.63) is 24.0 Å². The van der Waals surface area contributed by atoms with Crippen molar-refractivity contribution in [1.29, 1.82) is 0 Å². The number of ether oxygens (including phenoxy) is 1. The summed E-state index contributed by atoms with van der Waals surface area (Å²) in [6.07, 6.45) is 3.35. The van der Waals surface area contributed by atoms with Gasteiger partial charge in [0, 0.05) is 26.3 Å². The minimum atomic E-state index is -0.109. The van der Waals surface area contributed by atoms with Gasteiger partial charge in [-0.15, -0.1) is 0 Å². The van der Waals surface area contributed by atoms with Gasteiger partial charge in [-0.25, -0.2) is 0 Å². The third-order valence-corrected chi connectivity index (χ3v) is 2.59. The maximum Gasteiger partial charge on any atom is 0.252 e. The molecular formula is C11H15N3O2. The van der Waals surface area contributed by atoms with Crippen molar-refractivity contribution in [1.82, 2.24) is 10.3 Å². The third-order valence-electron chi connectivity index (χ3n) is 2.59. The summed E-state index contributed by atoms with van der Waals surface area (Å²) in [5.74, 6) is -0.109. The van der Waals surface area contributed by atoms with Crippen LogP contribution in [0.3, 0.4) is 0 Å². The van der Waals surface area contributed by atoms with E-state index in [4.69, 9.17) is 4.74 Å². The molecule has 5 nitrogen and oxygen atoms in total. The van der Waals surface area contributed by atoms with Crippen molar-refractivity contribution in [2.75, 3.05) is 38.3 Å². The Hall–Kier alpha value is -1.62. The minimum Gasteiger partial charge on any atom is -0.378 e. The highest BCUT2D eigenvalue weighted by Gasteiger charge is 2.13. The molecule has 2 rings (SSSR count). The number of carbonyl (C=O) groups is 1. The molecule has 0 aromatic carbocycles. The molecular weight excluding hydrogens is 206 g/mol. The van der Waals surface area contributed by atoms with Crippen molar-refractivity contribution >= 4 is 11.6 Å². The highest BCUT2D eigenvalue weighted by molar-refractivity contribution is 5.94. The Morgan fingerprint density at radius 1 is 1.44 bits per heavy atom. The van der Waals surface area contributed by atoms with E-state index < -0.39 is 0 Å². The number of aromatic nitrogens is 1. The van der Waals surface area contributed by atoms with Gasteiger partial charge in [0.2, 0.25) is 0 Å². The average molecular weight is 221 g/mol. The van der Waals surface area contributed by atoms with Crippen molar-refractivity contribution in [2.45, 2.75) is 0 Å². The first-order valence-electron chi connectivity index (χ1n) is 5.31. The second kappa shape index (κ2) is 4.94. The minimum absolute atomic E-state index is 0.109. The number of carbonyl (C=O) groups excluding carboxylic acids is 1. The molecule has 0 atom stereocenters. The fourth-order valence-corrected chi connectivity index (χ4v) is 1.69. The van der Waals surface area contributed by atoms with Crippen LogP contribution in [0.1, 0.15) is 10.4 Å². The van der Waals surface area contributed by atoms with E-state index in [0.29, 0.717) is 5.56 Å². The van der Waals surface area contributed by atoms with Gasteiger partial charge in [-0.1, -0.05) is 0 Å². The second-order valence-corrected chi connectivity index (χ2v) is 3.61. The Balaban J connectivity index is 2.17. The number of amides is 1. The summed E-state index contributed by atoms with van der Waals surface area (Å²) in [6.45, 7) is 3.14. The molecule has 1 aliphatic rings. The largest absolute Gasteiger partial charge is 0.378 e. The third kappa shape index (κ3) is 2.30. The van der Waals surface area contributed by atoms with E-state index in [0.717, 1.165) is 32.0 Å². The van der Waals surface area contributed by atoms with Gasteiger partial charge in [0.15, 0.2) is 0 Å². The number of nitrogens with one attached hydrogen (secondary N) is 1. The number of pyridine rings is 1. The molecule has 2 heterocycles. The summed E-state index contributed by atoms with van der Waals surface area (Å²) < 4.78 is 5.28. The number of morpholine rings is 1. The Morgan fingerprint density at radius 2 is 2.19 bits per heavy atom. The molecule has 5 heteroatoms. The lowest BCUT2D eigenvalue weighted by Crippen LogP contribution is -2.36. The smallest absolute Gasteiger partial charge is 0.252 e. The zero-order valence-corrected chi connectivity index (χ0v) is 9.27. The van der Waals surface area contributed by atoms with Gasteiger partial charge in [-0.3, -0.25) is 9.78 Å². The topological polar surface area (TPSA) is 54.5 Å². The van der Waals surface area contributed by atoms with Crippen LogP contribution in [0.25, 0.3) is 0 Å². The van der Waals surface area contributed by atoms with E-state index in [2.05, 4.69) is 15.2 Å². The molecule has 0 radical (unpaired) electrons. The fraction of sp³-hybridized carbons (Fsp3) is 0.455. The first kappa shape index (κ1) is 10.9. The molecule has 1 fully saturated rings. The summed E-state index contributed by atoms with van der Waals surface area (Å²) in [6, 6.07) is 1.86. The van der Waals surface area contributed by atoms with E-state index in [1.807, 2.05) is 6.07 Å². The van der Waals surface area contributed by atoms with Crippen LogP contribution in [-0.2, 0) is 4.74 Å². The predicted molar refractivity (Wildman–Crippen MR) is 60.7 cm³/mol. The highest BCUT2D eigenvalue weighted by atomic mass is 16.5. The van der Waals surface area contributed by atoms with E-state index in [1.54, 1.807) is 19.4 Å². The molecule has 0 spiro atoms. The maximum absolute atomic E-state index is 11.5. The normalized spacial score (nSPS) is 15.9. The van der Waals surface area contributed by atoms with E-state index >= 15 is 0 Å². The molecule has 86 valence electrons. The quantitative estimate of drug-likeness (QED) is 0.779. The predicted octanol–water partition coefficient (Wildman–Crippen LogP) is 0.278. The summed E-state index contributed by atoms with van der Waals surface area (Å²) in [5.41, 5.74) is 1.57. The Morgan fingerprint density at radius 3 is 2.88 bits per heavy atom. The zero-order chi connectivity index (χ0) is 11.4. The summed E-state index contributed by atoms with van der Waals surface area (Å²) >= 11 is 0. The van der Waals surface area contributed by atoms with Gasteiger partial charge >= 0.3 is 0 Å². The number of hydrogen-bond donors (Lipinski definition) is 1. The first-order chi connectivity index (χ1) is 7.81. The van der Waals surface area contributed by atoms with Crippen LogP contribution >= 0.6 is 0 Å². The molecule has 1 aromatic rings. The van der Waals surface area contributed by atoms with Gasteiger partial charge in [0.1, 0.15) is 0 Å². The molecule has 0 aliphatic carbocycles. The summed E-state index contributed by atoms with van der Waals surface area (Å²) in [4.78, 5) is 17.7. The summed E-state index contributed by atoms with van der Waals surface area (Å²) in [7, 11) is 1.61.